The molecule has 0 heterocycles. The monoisotopic (exact) mass is 352 g/mol. The molecule has 4 atom stereocenters. The van der Waals surface area contributed by atoms with Crippen molar-refractivity contribution in [2.24, 2.45) is 17.3 Å². The second kappa shape index (κ2) is 7.16. The van der Waals surface area contributed by atoms with Crippen LogP contribution in [0.1, 0.15) is 53.9 Å². The number of rotatable bonds is 6. The summed E-state index contributed by atoms with van der Waals surface area (Å²) in [5, 5.41) is 9.47. The van der Waals surface area contributed by atoms with Crippen molar-refractivity contribution in [3.05, 3.63) is 24.8 Å². The summed E-state index contributed by atoms with van der Waals surface area (Å²) < 4.78 is 6.68. The van der Waals surface area contributed by atoms with Crippen LogP contribution in [-0.4, -0.2) is 25.5 Å². The Hall–Kier alpha value is -0.873. The Morgan fingerprint density at radius 2 is 1.96 bits per heavy atom. The minimum absolute atomic E-state index is 0.0272. The summed E-state index contributed by atoms with van der Waals surface area (Å²) in [6.07, 6.45) is 3.78. The summed E-state index contributed by atoms with van der Waals surface area (Å²) >= 11 is 0. The number of aliphatic carboxylic acids is 1. The predicted octanol–water partition coefficient (Wildman–Crippen LogP) is 5.65. The molecule has 24 heavy (non-hydrogen) atoms. The van der Waals surface area contributed by atoms with E-state index < -0.39 is 14.3 Å². The smallest absolute Gasteiger partial charge is 0.303 e. The van der Waals surface area contributed by atoms with Gasteiger partial charge in [-0.05, 0) is 55.1 Å². The fourth-order valence-electron chi connectivity index (χ4n) is 3.59. The van der Waals surface area contributed by atoms with Gasteiger partial charge in [-0.1, -0.05) is 45.9 Å². The van der Waals surface area contributed by atoms with E-state index in [-0.39, 0.29) is 34.8 Å². The molecule has 1 N–H and O–H groups in total. The van der Waals surface area contributed by atoms with E-state index in [4.69, 9.17) is 4.43 Å². The van der Waals surface area contributed by atoms with Gasteiger partial charge in [0.25, 0.3) is 0 Å². The van der Waals surface area contributed by atoms with Gasteiger partial charge in [-0.2, -0.15) is 0 Å². The zero-order chi connectivity index (χ0) is 18.9. The van der Waals surface area contributed by atoms with Gasteiger partial charge in [0.05, 0.1) is 6.42 Å². The van der Waals surface area contributed by atoms with Crippen LogP contribution in [0.25, 0.3) is 0 Å². The number of carboxylic acid groups (broad SMARTS) is 1. The third-order valence-corrected chi connectivity index (χ3v) is 10.8. The van der Waals surface area contributed by atoms with Crippen molar-refractivity contribution >= 4 is 14.3 Å². The fraction of sp³-hybridized carbons (Fsp3) is 0.750. The van der Waals surface area contributed by atoms with Crippen LogP contribution in [-0.2, 0) is 9.22 Å². The van der Waals surface area contributed by atoms with Crippen molar-refractivity contribution in [2.45, 2.75) is 78.1 Å². The van der Waals surface area contributed by atoms with E-state index in [1.165, 1.54) is 0 Å². The first kappa shape index (κ1) is 21.2. The van der Waals surface area contributed by atoms with E-state index in [2.05, 4.69) is 53.9 Å². The van der Waals surface area contributed by atoms with Crippen molar-refractivity contribution < 1.29 is 14.3 Å². The van der Waals surface area contributed by atoms with Gasteiger partial charge in [0.15, 0.2) is 8.32 Å². The molecule has 0 saturated heterocycles. The van der Waals surface area contributed by atoms with Crippen molar-refractivity contribution in [3.8, 4) is 0 Å². The lowest BCUT2D eigenvalue weighted by atomic mass is 9.61. The van der Waals surface area contributed by atoms with Gasteiger partial charge in [0.1, 0.15) is 0 Å². The Kier molecular flexibility index (Phi) is 6.32. The van der Waals surface area contributed by atoms with E-state index in [1.807, 2.05) is 13.0 Å². The zero-order valence-corrected chi connectivity index (χ0v) is 17.6. The van der Waals surface area contributed by atoms with Crippen molar-refractivity contribution in [1.29, 1.82) is 0 Å². The van der Waals surface area contributed by atoms with E-state index in [1.54, 1.807) is 0 Å². The lowest BCUT2D eigenvalue weighted by Gasteiger charge is -2.50. The highest BCUT2D eigenvalue weighted by atomic mass is 28.4. The third kappa shape index (κ3) is 4.60. The molecule has 0 aromatic carbocycles. The van der Waals surface area contributed by atoms with Crippen LogP contribution >= 0.6 is 0 Å². The molecule has 0 radical (unpaired) electrons. The standard InChI is InChI=1S/C20H36O3Si/c1-10-20(7)13-17(23-24(8,9)19(4,5)6)15(12-18(21)22)11-16(20)14(2)3/h10,15-17H,1-2,11-13H2,3-9H3,(H,21,22)/t15-,16+,17-,20-/m1/s1. The molecule has 0 spiro atoms. The minimum Gasteiger partial charge on any atom is -0.481 e. The zero-order valence-electron chi connectivity index (χ0n) is 16.6. The molecule has 1 aliphatic carbocycles. The maximum Gasteiger partial charge on any atom is 0.303 e. The van der Waals surface area contributed by atoms with Crippen LogP contribution in [0.5, 0.6) is 0 Å². The van der Waals surface area contributed by atoms with Gasteiger partial charge in [-0.3, -0.25) is 4.79 Å². The van der Waals surface area contributed by atoms with Gasteiger partial charge in [0, 0.05) is 6.10 Å². The second-order valence-electron chi connectivity index (χ2n) is 9.32. The minimum atomic E-state index is -1.96. The summed E-state index contributed by atoms with van der Waals surface area (Å²) in [5.41, 5.74) is 1.02. The fourth-order valence-corrected chi connectivity index (χ4v) is 4.97. The molecule has 1 fully saturated rings. The first-order valence-electron chi connectivity index (χ1n) is 8.92. The van der Waals surface area contributed by atoms with Crippen LogP contribution < -0.4 is 0 Å². The summed E-state index contributed by atoms with van der Waals surface area (Å²) in [4.78, 5) is 11.4. The lowest BCUT2D eigenvalue weighted by molar-refractivity contribution is -0.140. The van der Waals surface area contributed by atoms with Crippen LogP contribution in [0.2, 0.25) is 18.1 Å². The molecule has 0 amide bonds. The van der Waals surface area contributed by atoms with Crippen LogP contribution in [0.4, 0.5) is 0 Å². The topological polar surface area (TPSA) is 46.5 Å². The summed E-state index contributed by atoms with van der Waals surface area (Å²) in [5.74, 6) is -0.448. The van der Waals surface area contributed by atoms with Crippen molar-refractivity contribution in [1.82, 2.24) is 0 Å². The Labute approximate surface area is 149 Å². The van der Waals surface area contributed by atoms with E-state index >= 15 is 0 Å². The SMILES string of the molecule is C=C[C@]1(C)C[C@@H](O[Si](C)(C)C(C)(C)C)[C@@H](CC(=O)O)C[C@H]1C(=C)C. The summed E-state index contributed by atoms with van der Waals surface area (Å²) in [6.45, 7) is 23.6. The Balaban J connectivity index is 3.16. The Morgan fingerprint density at radius 1 is 1.42 bits per heavy atom. The first-order chi connectivity index (χ1) is 10.7. The summed E-state index contributed by atoms with van der Waals surface area (Å²) in [6, 6.07) is 0. The normalized spacial score (nSPS) is 31.5. The Morgan fingerprint density at radius 3 is 2.33 bits per heavy atom. The molecule has 138 valence electrons. The van der Waals surface area contributed by atoms with Gasteiger partial charge in [-0.15, -0.1) is 6.58 Å². The molecule has 0 aromatic rings. The average Bonchev–Trinajstić information content (AvgIpc) is 2.39. The molecule has 4 heteroatoms. The maximum atomic E-state index is 11.4. The highest BCUT2D eigenvalue weighted by molar-refractivity contribution is 6.74. The van der Waals surface area contributed by atoms with E-state index in [0.717, 1.165) is 18.4 Å². The van der Waals surface area contributed by atoms with Crippen molar-refractivity contribution in [2.75, 3.05) is 0 Å². The van der Waals surface area contributed by atoms with Crippen molar-refractivity contribution in [3.63, 3.8) is 0 Å². The molecule has 0 unspecified atom stereocenters. The number of allylic oxidation sites excluding steroid dienone is 2. The highest BCUT2D eigenvalue weighted by Crippen LogP contribution is 2.50. The van der Waals surface area contributed by atoms with Crippen LogP contribution in [0, 0.1) is 17.3 Å². The molecule has 0 aliphatic heterocycles. The van der Waals surface area contributed by atoms with Crippen LogP contribution in [0.15, 0.2) is 24.8 Å². The number of carboxylic acids is 1. The summed E-state index contributed by atoms with van der Waals surface area (Å²) in [7, 11) is -1.96. The predicted molar refractivity (Wildman–Crippen MR) is 104 cm³/mol. The van der Waals surface area contributed by atoms with E-state index in [9.17, 15) is 9.90 Å². The molecule has 0 aromatic heterocycles. The molecule has 1 aliphatic rings. The molecular formula is C20H36O3Si. The number of hydrogen-bond acceptors (Lipinski definition) is 2. The maximum absolute atomic E-state index is 11.4. The van der Waals surface area contributed by atoms with Gasteiger partial charge >= 0.3 is 5.97 Å². The van der Waals surface area contributed by atoms with E-state index in [0.29, 0.717) is 0 Å². The van der Waals surface area contributed by atoms with Gasteiger partial charge in [0.2, 0.25) is 0 Å². The first-order valence-corrected chi connectivity index (χ1v) is 11.8. The largest absolute Gasteiger partial charge is 0.481 e. The Bertz CT molecular complexity index is 504. The van der Waals surface area contributed by atoms with Gasteiger partial charge < -0.3 is 9.53 Å². The molecule has 1 saturated carbocycles. The molecule has 3 nitrogen and oxygen atoms in total. The number of carbonyl (C=O) groups is 1. The molecular weight excluding hydrogens is 316 g/mol. The number of hydrogen-bond donors (Lipinski definition) is 1. The molecule has 1 rings (SSSR count). The second-order valence-corrected chi connectivity index (χ2v) is 14.1. The highest BCUT2D eigenvalue weighted by Gasteiger charge is 2.48. The van der Waals surface area contributed by atoms with Gasteiger partial charge in [-0.25, -0.2) is 0 Å². The lowest BCUT2D eigenvalue weighted by Crippen LogP contribution is -2.51. The molecule has 0 bridgehead atoms. The third-order valence-electron chi connectivity index (χ3n) is 6.25. The quantitative estimate of drug-likeness (QED) is 0.496. The van der Waals surface area contributed by atoms with Crippen LogP contribution in [0.3, 0.4) is 0 Å². The average molecular weight is 353 g/mol.